The average Bonchev–Trinajstić information content (AvgIpc) is 2.44. The van der Waals surface area contributed by atoms with E-state index in [9.17, 15) is 8.42 Å². The van der Waals surface area contributed by atoms with E-state index in [1.807, 2.05) is 32.9 Å². The van der Waals surface area contributed by atoms with Crippen LogP contribution >= 0.6 is 0 Å². The van der Waals surface area contributed by atoms with Crippen LogP contribution in [0.4, 0.5) is 0 Å². The Balaban J connectivity index is 2.77. The fourth-order valence-electron chi connectivity index (χ4n) is 2.70. The van der Waals surface area contributed by atoms with Gasteiger partial charge in [-0.05, 0) is 30.4 Å². The number of para-hydroxylation sites is 1. The Bertz CT molecular complexity index is 795. The quantitative estimate of drug-likeness (QED) is 0.794. The van der Waals surface area contributed by atoms with Crippen LogP contribution in [0.15, 0.2) is 29.2 Å². The fraction of sp³-hybridized carbons (Fsp3) is 0.500. The number of hydrogen-bond donors (Lipinski definition) is 0. The minimum atomic E-state index is -3.38. The van der Waals surface area contributed by atoms with Crippen LogP contribution in [0.5, 0.6) is 5.88 Å². The zero-order chi connectivity index (χ0) is 17.2. The smallest absolute Gasteiger partial charge is 0.214 e. The van der Waals surface area contributed by atoms with E-state index in [2.05, 4.69) is 18.8 Å². The number of nitrogens with zero attached hydrogens (tertiary/aromatic N) is 1. The molecule has 1 heterocycles. The van der Waals surface area contributed by atoms with Crippen molar-refractivity contribution in [3.8, 4) is 5.88 Å². The molecule has 0 atom stereocenters. The molecule has 2 aromatic rings. The van der Waals surface area contributed by atoms with E-state index < -0.39 is 9.84 Å². The van der Waals surface area contributed by atoms with Crippen molar-refractivity contribution in [2.75, 3.05) is 12.4 Å². The van der Waals surface area contributed by atoms with Gasteiger partial charge in [0.15, 0.2) is 9.84 Å². The fourth-order valence-corrected chi connectivity index (χ4v) is 4.50. The minimum absolute atomic E-state index is 0.0647. The topological polar surface area (TPSA) is 56.3 Å². The summed E-state index contributed by atoms with van der Waals surface area (Å²) in [5, 5.41) is 0.883. The normalized spacial score (nSPS) is 12.3. The molecule has 0 aliphatic heterocycles. The van der Waals surface area contributed by atoms with Crippen LogP contribution in [-0.4, -0.2) is 25.8 Å². The van der Waals surface area contributed by atoms with Gasteiger partial charge in [-0.15, -0.1) is 0 Å². The molecule has 0 N–H and O–H groups in total. The average molecular weight is 335 g/mol. The maximum absolute atomic E-state index is 12.7. The number of fused-ring (bicyclic) bond motifs is 1. The number of sulfone groups is 1. The molecule has 0 saturated carbocycles. The molecule has 4 nitrogen and oxygen atoms in total. The van der Waals surface area contributed by atoms with Crippen molar-refractivity contribution in [1.29, 1.82) is 0 Å². The third-order valence-corrected chi connectivity index (χ3v) is 5.72. The second kappa shape index (κ2) is 6.87. The number of benzene rings is 1. The lowest BCUT2D eigenvalue weighted by Gasteiger charge is -2.15. The van der Waals surface area contributed by atoms with Crippen molar-refractivity contribution in [3.05, 3.63) is 29.8 Å². The summed E-state index contributed by atoms with van der Waals surface area (Å²) in [7, 11) is -3.38. The molecule has 0 radical (unpaired) electrons. The molecule has 126 valence electrons. The first-order valence-electron chi connectivity index (χ1n) is 8.05. The van der Waals surface area contributed by atoms with E-state index in [1.165, 1.54) is 0 Å². The maximum atomic E-state index is 12.7. The Morgan fingerprint density at radius 1 is 1.17 bits per heavy atom. The zero-order valence-electron chi connectivity index (χ0n) is 14.5. The SMILES string of the molecule is CCOc1cc(C(C)C)c2cccc(S(=O)(=O)CC(C)C)c2n1. The van der Waals surface area contributed by atoms with Crippen LogP contribution in [0.25, 0.3) is 10.9 Å². The molecule has 2 rings (SSSR count). The van der Waals surface area contributed by atoms with Crippen molar-refractivity contribution in [2.45, 2.75) is 45.4 Å². The van der Waals surface area contributed by atoms with E-state index >= 15 is 0 Å². The van der Waals surface area contributed by atoms with Crippen molar-refractivity contribution >= 4 is 20.7 Å². The summed E-state index contributed by atoms with van der Waals surface area (Å²) in [5.74, 6) is 0.914. The molecule has 0 aliphatic carbocycles. The Morgan fingerprint density at radius 2 is 1.87 bits per heavy atom. The predicted molar refractivity (Wildman–Crippen MR) is 93.9 cm³/mol. The number of aromatic nitrogens is 1. The van der Waals surface area contributed by atoms with Gasteiger partial charge in [0.2, 0.25) is 5.88 Å². The van der Waals surface area contributed by atoms with Gasteiger partial charge in [-0.1, -0.05) is 39.8 Å². The van der Waals surface area contributed by atoms with Crippen molar-refractivity contribution in [3.63, 3.8) is 0 Å². The van der Waals surface area contributed by atoms with E-state index in [-0.39, 0.29) is 17.6 Å². The molecule has 1 aromatic carbocycles. The highest BCUT2D eigenvalue weighted by Crippen LogP contribution is 2.32. The third-order valence-electron chi connectivity index (χ3n) is 3.61. The molecule has 0 bridgehead atoms. The van der Waals surface area contributed by atoms with Crippen LogP contribution in [-0.2, 0) is 9.84 Å². The summed E-state index contributed by atoms with van der Waals surface area (Å²) in [4.78, 5) is 4.78. The standard InChI is InChI=1S/C18H25NO3S/c1-6-22-17-10-15(13(4)5)14-8-7-9-16(18(14)19-17)23(20,21)11-12(2)3/h7-10,12-13H,6,11H2,1-5H3. The zero-order valence-corrected chi connectivity index (χ0v) is 15.3. The highest BCUT2D eigenvalue weighted by atomic mass is 32.2. The number of pyridine rings is 1. The van der Waals surface area contributed by atoms with Crippen molar-refractivity contribution in [1.82, 2.24) is 4.98 Å². The largest absolute Gasteiger partial charge is 0.478 e. The van der Waals surface area contributed by atoms with Gasteiger partial charge in [-0.2, -0.15) is 0 Å². The Morgan fingerprint density at radius 3 is 2.43 bits per heavy atom. The molecule has 0 amide bonds. The summed E-state index contributed by atoms with van der Waals surface area (Å²) in [5.41, 5.74) is 1.57. The first-order valence-corrected chi connectivity index (χ1v) is 9.70. The third kappa shape index (κ3) is 3.83. The summed E-state index contributed by atoms with van der Waals surface area (Å²) >= 11 is 0. The first kappa shape index (κ1) is 17.7. The molecule has 1 aromatic heterocycles. The Labute approximate surface area is 138 Å². The van der Waals surface area contributed by atoms with Gasteiger partial charge in [-0.25, -0.2) is 13.4 Å². The lowest BCUT2D eigenvalue weighted by atomic mass is 9.99. The summed E-state index contributed by atoms with van der Waals surface area (Å²) < 4.78 is 31.0. The highest BCUT2D eigenvalue weighted by molar-refractivity contribution is 7.91. The van der Waals surface area contributed by atoms with E-state index in [4.69, 9.17) is 4.74 Å². The number of ether oxygens (including phenoxy) is 1. The molecule has 0 saturated heterocycles. The number of rotatable bonds is 6. The van der Waals surface area contributed by atoms with Gasteiger partial charge in [0.1, 0.15) is 0 Å². The van der Waals surface area contributed by atoms with Gasteiger partial charge in [0, 0.05) is 11.5 Å². The summed E-state index contributed by atoms with van der Waals surface area (Å²) in [6, 6.07) is 7.29. The predicted octanol–water partition coefficient (Wildman–Crippen LogP) is 4.19. The molecular weight excluding hydrogens is 310 g/mol. The van der Waals surface area contributed by atoms with E-state index in [1.54, 1.807) is 12.1 Å². The van der Waals surface area contributed by atoms with Crippen LogP contribution in [0, 0.1) is 5.92 Å². The first-order chi connectivity index (χ1) is 10.8. The van der Waals surface area contributed by atoms with Gasteiger partial charge in [0.25, 0.3) is 0 Å². The summed E-state index contributed by atoms with van der Waals surface area (Å²) in [6.45, 7) is 10.4. The highest BCUT2D eigenvalue weighted by Gasteiger charge is 2.22. The molecular formula is C18H25NO3S. The number of hydrogen-bond acceptors (Lipinski definition) is 4. The monoisotopic (exact) mass is 335 g/mol. The lowest BCUT2D eigenvalue weighted by molar-refractivity contribution is 0.327. The lowest BCUT2D eigenvalue weighted by Crippen LogP contribution is -2.13. The molecule has 5 heteroatoms. The van der Waals surface area contributed by atoms with Crippen molar-refractivity contribution < 1.29 is 13.2 Å². The van der Waals surface area contributed by atoms with Crippen LogP contribution < -0.4 is 4.74 Å². The maximum Gasteiger partial charge on any atom is 0.214 e. The molecule has 0 spiro atoms. The van der Waals surface area contributed by atoms with Gasteiger partial charge < -0.3 is 4.74 Å². The Hall–Kier alpha value is -1.62. The van der Waals surface area contributed by atoms with E-state index in [0.29, 0.717) is 22.9 Å². The summed E-state index contributed by atoms with van der Waals surface area (Å²) in [6.07, 6.45) is 0. The van der Waals surface area contributed by atoms with Gasteiger partial charge in [-0.3, -0.25) is 0 Å². The van der Waals surface area contributed by atoms with Crippen LogP contribution in [0.3, 0.4) is 0 Å². The van der Waals surface area contributed by atoms with Crippen LogP contribution in [0.1, 0.15) is 46.1 Å². The van der Waals surface area contributed by atoms with Gasteiger partial charge >= 0.3 is 0 Å². The van der Waals surface area contributed by atoms with Gasteiger partial charge in [0.05, 0.1) is 22.8 Å². The molecule has 23 heavy (non-hydrogen) atoms. The molecule has 0 fully saturated rings. The second-order valence-corrected chi connectivity index (χ2v) is 8.47. The second-order valence-electron chi connectivity index (χ2n) is 6.47. The van der Waals surface area contributed by atoms with E-state index in [0.717, 1.165) is 10.9 Å². The Kier molecular flexibility index (Phi) is 5.30. The van der Waals surface area contributed by atoms with Crippen molar-refractivity contribution in [2.24, 2.45) is 5.92 Å². The molecule has 0 unspecified atom stereocenters. The minimum Gasteiger partial charge on any atom is -0.478 e. The molecule has 0 aliphatic rings. The van der Waals surface area contributed by atoms with Crippen LogP contribution in [0.2, 0.25) is 0 Å².